The summed E-state index contributed by atoms with van der Waals surface area (Å²) in [6.07, 6.45) is 1.66. The molecule has 1 atom stereocenters. The lowest BCUT2D eigenvalue weighted by molar-refractivity contribution is -0.120. The summed E-state index contributed by atoms with van der Waals surface area (Å²) in [5.41, 5.74) is 1.15. The van der Waals surface area contributed by atoms with Crippen LogP contribution >= 0.6 is 0 Å². The molecule has 4 rings (SSSR count). The predicted octanol–water partition coefficient (Wildman–Crippen LogP) is 1.27. The van der Waals surface area contributed by atoms with E-state index in [1.807, 2.05) is 6.92 Å². The van der Waals surface area contributed by atoms with Crippen molar-refractivity contribution in [3.63, 3.8) is 0 Å². The monoisotopic (exact) mass is 415 g/mol. The maximum atomic E-state index is 13.3. The summed E-state index contributed by atoms with van der Waals surface area (Å²) in [6.45, 7) is 2.36. The van der Waals surface area contributed by atoms with Gasteiger partial charge >= 0.3 is 0 Å². The molecule has 0 saturated carbocycles. The Labute approximate surface area is 170 Å². The number of nitrogens with zero attached hydrogens (tertiary/aromatic N) is 6. The molecule has 3 aromatic rings. The largest absolute Gasteiger partial charge is 0.337 e. The van der Waals surface area contributed by atoms with Gasteiger partial charge in [-0.15, -0.1) is 5.10 Å². The first-order chi connectivity index (χ1) is 14.3. The van der Waals surface area contributed by atoms with Gasteiger partial charge in [-0.1, -0.05) is 0 Å². The van der Waals surface area contributed by atoms with Crippen LogP contribution in [-0.4, -0.2) is 49.4 Å². The number of rotatable bonds is 4. The molecule has 30 heavy (non-hydrogen) atoms. The number of likely N-dealkylation sites (N-methyl/N-ethyl adjacent to an activating group) is 1. The molecule has 0 fully saturated rings. The Kier molecular flexibility index (Phi) is 5.02. The van der Waals surface area contributed by atoms with Crippen LogP contribution in [0.2, 0.25) is 0 Å². The zero-order valence-corrected chi connectivity index (χ0v) is 16.3. The van der Waals surface area contributed by atoms with Crippen LogP contribution in [0.4, 0.5) is 14.6 Å². The van der Waals surface area contributed by atoms with E-state index < -0.39 is 23.6 Å². The molecule has 0 saturated heterocycles. The molecule has 3 heterocycles. The SMILES string of the molecule is Cc1cc2n(n1)CC[C@H](NC(=O)c1ncn(Cc3cc(F)cc(F)c3)n1)C(=O)N2C. The number of aryl methyl sites for hydroxylation is 2. The van der Waals surface area contributed by atoms with E-state index in [1.54, 1.807) is 17.8 Å². The number of amides is 2. The van der Waals surface area contributed by atoms with Crippen LogP contribution in [0.1, 0.15) is 28.3 Å². The van der Waals surface area contributed by atoms with Crippen LogP contribution in [0.5, 0.6) is 0 Å². The van der Waals surface area contributed by atoms with E-state index in [4.69, 9.17) is 0 Å². The third-order valence-corrected chi connectivity index (χ3v) is 4.79. The van der Waals surface area contributed by atoms with E-state index in [2.05, 4.69) is 20.5 Å². The van der Waals surface area contributed by atoms with Crippen molar-refractivity contribution in [3.8, 4) is 0 Å². The van der Waals surface area contributed by atoms with Crippen LogP contribution < -0.4 is 10.2 Å². The topological polar surface area (TPSA) is 97.9 Å². The fraction of sp³-hybridized carbons (Fsp3) is 0.316. The molecule has 156 valence electrons. The maximum Gasteiger partial charge on any atom is 0.291 e. The van der Waals surface area contributed by atoms with Crippen molar-refractivity contribution in [2.45, 2.75) is 32.5 Å². The van der Waals surface area contributed by atoms with Crippen molar-refractivity contribution in [2.75, 3.05) is 11.9 Å². The summed E-state index contributed by atoms with van der Waals surface area (Å²) in [7, 11) is 1.63. The number of nitrogens with one attached hydrogen (secondary N) is 1. The summed E-state index contributed by atoms with van der Waals surface area (Å²) in [4.78, 5) is 30.7. The Bertz CT molecular complexity index is 1100. The van der Waals surface area contributed by atoms with Crippen LogP contribution in [0.15, 0.2) is 30.6 Å². The number of carbonyl (C=O) groups is 2. The molecule has 11 heteroatoms. The van der Waals surface area contributed by atoms with Gasteiger partial charge in [-0.3, -0.25) is 14.5 Å². The number of benzene rings is 1. The van der Waals surface area contributed by atoms with Gasteiger partial charge in [0.05, 0.1) is 12.2 Å². The molecule has 2 amide bonds. The first kappa shape index (κ1) is 19.7. The van der Waals surface area contributed by atoms with Crippen molar-refractivity contribution < 1.29 is 18.4 Å². The fourth-order valence-corrected chi connectivity index (χ4v) is 3.41. The first-order valence-corrected chi connectivity index (χ1v) is 9.27. The van der Waals surface area contributed by atoms with Crippen molar-refractivity contribution >= 4 is 17.6 Å². The zero-order valence-electron chi connectivity index (χ0n) is 16.3. The molecule has 1 aromatic carbocycles. The smallest absolute Gasteiger partial charge is 0.291 e. The highest BCUT2D eigenvalue weighted by atomic mass is 19.1. The van der Waals surface area contributed by atoms with E-state index in [0.29, 0.717) is 24.3 Å². The van der Waals surface area contributed by atoms with Crippen LogP contribution in [0.3, 0.4) is 0 Å². The molecular formula is C19H19F2N7O2. The molecule has 2 aromatic heterocycles. The summed E-state index contributed by atoms with van der Waals surface area (Å²) >= 11 is 0. The van der Waals surface area contributed by atoms with Crippen molar-refractivity contribution in [3.05, 3.63) is 59.3 Å². The van der Waals surface area contributed by atoms with E-state index in [-0.39, 0.29) is 18.3 Å². The highest BCUT2D eigenvalue weighted by Gasteiger charge is 2.31. The Balaban J connectivity index is 1.44. The second-order valence-corrected chi connectivity index (χ2v) is 7.12. The summed E-state index contributed by atoms with van der Waals surface area (Å²) in [5.74, 6) is -1.75. The summed E-state index contributed by atoms with van der Waals surface area (Å²) in [5, 5.41) is 11.1. The van der Waals surface area contributed by atoms with Crippen LogP contribution in [0.25, 0.3) is 0 Å². The molecule has 1 N–H and O–H groups in total. The third kappa shape index (κ3) is 3.91. The molecule has 1 aliphatic heterocycles. The number of anilines is 1. The normalized spacial score (nSPS) is 16.3. The standard InChI is InChI=1S/C19H19F2N7O2/c1-11-5-16-26(2)19(30)15(3-4-28(16)24-11)23-18(29)17-22-10-27(25-17)9-12-6-13(20)8-14(21)7-12/h5-8,10,15H,3-4,9H2,1-2H3,(H,23,29)/t15-/m0/s1. The van der Waals surface area contributed by atoms with Crippen LogP contribution in [-0.2, 0) is 17.9 Å². The zero-order chi connectivity index (χ0) is 21.4. The van der Waals surface area contributed by atoms with E-state index >= 15 is 0 Å². The van der Waals surface area contributed by atoms with Gasteiger partial charge in [0.15, 0.2) is 0 Å². The van der Waals surface area contributed by atoms with Gasteiger partial charge in [0, 0.05) is 25.7 Å². The van der Waals surface area contributed by atoms with Crippen molar-refractivity contribution in [2.24, 2.45) is 0 Å². The Morgan fingerprint density at radius 1 is 1.20 bits per heavy atom. The van der Waals surface area contributed by atoms with Gasteiger partial charge in [-0.25, -0.2) is 23.1 Å². The van der Waals surface area contributed by atoms with E-state index in [9.17, 15) is 18.4 Å². The lowest BCUT2D eigenvalue weighted by atomic mass is 10.2. The van der Waals surface area contributed by atoms with Gasteiger partial charge < -0.3 is 5.32 Å². The highest BCUT2D eigenvalue weighted by molar-refractivity contribution is 6.00. The minimum Gasteiger partial charge on any atom is -0.337 e. The molecule has 0 spiro atoms. The Hall–Kier alpha value is -3.63. The Morgan fingerprint density at radius 2 is 1.93 bits per heavy atom. The molecule has 0 aliphatic carbocycles. The lowest BCUT2D eigenvalue weighted by Crippen LogP contribution is -2.47. The number of fused-ring (bicyclic) bond motifs is 1. The van der Waals surface area contributed by atoms with E-state index in [1.165, 1.54) is 28.0 Å². The number of hydrogen-bond donors (Lipinski definition) is 1. The second-order valence-electron chi connectivity index (χ2n) is 7.12. The number of aromatic nitrogens is 5. The highest BCUT2D eigenvalue weighted by Crippen LogP contribution is 2.21. The summed E-state index contributed by atoms with van der Waals surface area (Å²) in [6, 6.07) is 4.18. The third-order valence-electron chi connectivity index (χ3n) is 4.79. The minimum atomic E-state index is -0.756. The quantitative estimate of drug-likeness (QED) is 0.692. The number of halogens is 2. The molecule has 0 bridgehead atoms. The molecule has 9 nitrogen and oxygen atoms in total. The lowest BCUT2D eigenvalue weighted by Gasteiger charge is -2.19. The van der Waals surface area contributed by atoms with Gasteiger partial charge in [-0.2, -0.15) is 5.10 Å². The molecule has 1 aliphatic rings. The number of carbonyl (C=O) groups excluding carboxylic acids is 2. The second kappa shape index (κ2) is 7.65. The average molecular weight is 415 g/mol. The fourth-order valence-electron chi connectivity index (χ4n) is 3.41. The molecular weight excluding hydrogens is 396 g/mol. The number of hydrogen-bond acceptors (Lipinski definition) is 5. The minimum absolute atomic E-state index is 0.0422. The van der Waals surface area contributed by atoms with Crippen LogP contribution in [0, 0.1) is 18.6 Å². The van der Waals surface area contributed by atoms with Crippen molar-refractivity contribution in [1.29, 1.82) is 0 Å². The maximum absolute atomic E-state index is 13.3. The van der Waals surface area contributed by atoms with Gasteiger partial charge in [0.2, 0.25) is 5.82 Å². The van der Waals surface area contributed by atoms with E-state index in [0.717, 1.165) is 11.8 Å². The predicted molar refractivity (Wildman–Crippen MR) is 102 cm³/mol. The van der Waals surface area contributed by atoms with Gasteiger partial charge in [0.25, 0.3) is 11.8 Å². The average Bonchev–Trinajstić information content (AvgIpc) is 3.27. The Morgan fingerprint density at radius 3 is 2.67 bits per heavy atom. The molecule has 0 radical (unpaired) electrons. The first-order valence-electron chi connectivity index (χ1n) is 9.27. The van der Waals surface area contributed by atoms with Gasteiger partial charge in [0.1, 0.15) is 29.8 Å². The van der Waals surface area contributed by atoms with Crippen molar-refractivity contribution in [1.82, 2.24) is 29.9 Å². The van der Waals surface area contributed by atoms with Gasteiger partial charge in [-0.05, 0) is 31.0 Å². The molecule has 0 unspecified atom stereocenters. The summed E-state index contributed by atoms with van der Waals surface area (Å²) < 4.78 is 29.7.